The van der Waals surface area contributed by atoms with Crippen LogP contribution in [0.3, 0.4) is 0 Å². The van der Waals surface area contributed by atoms with E-state index in [1.54, 1.807) is 25.2 Å². The number of carbonyl (C=O) groups is 1. The van der Waals surface area contributed by atoms with Crippen molar-refractivity contribution in [3.63, 3.8) is 0 Å². The first kappa shape index (κ1) is 22.4. The molecule has 1 aliphatic heterocycles. The van der Waals surface area contributed by atoms with Gasteiger partial charge in [-0.2, -0.15) is 8.78 Å². The maximum Gasteiger partial charge on any atom is 0.387 e. The van der Waals surface area contributed by atoms with Crippen molar-refractivity contribution in [3.05, 3.63) is 59.7 Å². The van der Waals surface area contributed by atoms with Crippen LogP contribution in [0, 0.1) is 0 Å². The lowest BCUT2D eigenvalue weighted by atomic mass is 9.82. The molecular weight excluding hydrogens is 402 g/mol. The Kier molecular flexibility index (Phi) is 7.02. The predicted octanol–water partition coefficient (Wildman–Crippen LogP) is 3.56. The highest BCUT2D eigenvalue weighted by Gasteiger charge is 2.49. The van der Waals surface area contributed by atoms with Gasteiger partial charge < -0.3 is 15.8 Å². The number of amides is 1. The third-order valence-corrected chi connectivity index (χ3v) is 4.60. The van der Waals surface area contributed by atoms with E-state index in [0.29, 0.717) is 11.1 Å². The standard InChI is InChI=1S/C20H22F2N4O2.ClH/c1-3-11-24-15-6-4-5-14(12-15)20(17(27)26(2)19(23)25-20)13-7-9-16(10-8-13)28-18(21)22;/h4-10,12,18,24H,3,11H2,1-2H3,(H2,23,25);1H. The van der Waals surface area contributed by atoms with Gasteiger partial charge in [-0.3, -0.25) is 9.69 Å². The average molecular weight is 425 g/mol. The van der Waals surface area contributed by atoms with E-state index in [0.717, 1.165) is 18.7 Å². The van der Waals surface area contributed by atoms with Crippen molar-refractivity contribution >= 4 is 30.0 Å². The van der Waals surface area contributed by atoms with Crippen molar-refractivity contribution in [2.45, 2.75) is 25.5 Å². The van der Waals surface area contributed by atoms with Gasteiger partial charge in [-0.25, -0.2) is 4.99 Å². The maximum absolute atomic E-state index is 13.2. The van der Waals surface area contributed by atoms with Gasteiger partial charge in [0.1, 0.15) is 5.75 Å². The second-order valence-corrected chi connectivity index (χ2v) is 6.46. The van der Waals surface area contributed by atoms with E-state index >= 15 is 0 Å². The summed E-state index contributed by atoms with van der Waals surface area (Å²) in [7, 11) is 1.55. The molecule has 2 aromatic rings. The van der Waals surface area contributed by atoms with E-state index in [1.807, 2.05) is 18.2 Å². The molecule has 6 nitrogen and oxygen atoms in total. The molecule has 0 bridgehead atoms. The number of hydrogen-bond donors (Lipinski definition) is 2. The molecule has 1 aliphatic rings. The van der Waals surface area contributed by atoms with E-state index in [1.165, 1.54) is 17.0 Å². The number of hydrogen-bond acceptors (Lipinski definition) is 5. The summed E-state index contributed by atoms with van der Waals surface area (Å²) in [6, 6.07) is 13.3. The van der Waals surface area contributed by atoms with Gasteiger partial charge in [-0.1, -0.05) is 31.2 Å². The zero-order chi connectivity index (χ0) is 20.3. The van der Waals surface area contributed by atoms with E-state index in [2.05, 4.69) is 22.0 Å². The summed E-state index contributed by atoms with van der Waals surface area (Å²) in [6.07, 6.45) is 0.952. The second-order valence-electron chi connectivity index (χ2n) is 6.46. The normalized spacial score (nSPS) is 18.4. The van der Waals surface area contributed by atoms with Crippen LogP contribution in [0.4, 0.5) is 14.5 Å². The predicted molar refractivity (Wildman–Crippen MR) is 111 cm³/mol. The van der Waals surface area contributed by atoms with Gasteiger partial charge in [0.25, 0.3) is 5.91 Å². The Bertz CT molecular complexity index is 892. The fraction of sp³-hybridized carbons (Fsp3) is 0.300. The van der Waals surface area contributed by atoms with E-state index in [-0.39, 0.29) is 30.0 Å². The third kappa shape index (κ3) is 4.27. The number of carbonyl (C=O) groups excluding carboxylic acids is 1. The number of ether oxygens (including phenoxy) is 1. The highest BCUT2D eigenvalue weighted by atomic mass is 35.5. The summed E-state index contributed by atoms with van der Waals surface area (Å²) in [5.74, 6) is -0.229. The van der Waals surface area contributed by atoms with Crippen LogP contribution in [-0.2, 0) is 10.3 Å². The van der Waals surface area contributed by atoms with Crippen LogP contribution in [0.2, 0.25) is 0 Å². The lowest BCUT2D eigenvalue weighted by molar-refractivity contribution is -0.129. The summed E-state index contributed by atoms with van der Waals surface area (Å²) >= 11 is 0. The van der Waals surface area contributed by atoms with E-state index in [4.69, 9.17) is 5.73 Å². The smallest absolute Gasteiger partial charge is 0.387 e. The van der Waals surface area contributed by atoms with Crippen molar-refractivity contribution in [2.24, 2.45) is 10.7 Å². The number of benzene rings is 2. The molecule has 0 saturated heterocycles. The van der Waals surface area contributed by atoms with Gasteiger partial charge in [0.05, 0.1) is 0 Å². The fourth-order valence-electron chi connectivity index (χ4n) is 3.19. The van der Waals surface area contributed by atoms with E-state index in [9.17, 15) is 13.6 Å². The van der Waals surface area contributed by atoms with Crippen LogP contribution in [0.5, 0.6) is 5.75 Å². The summed E-state index contributed by atoms with van der Waals surface area (Å²) in [5.41, 5.74) is 6.57. The van der Waals surface area contributed by atoms with Gasteiger partial charge in [0, 0.05) is 19.3 Å². The van der Waals surface area contributed by atoms with Gasteiger partial charge in [0.15, 0.2) is 11.5 Å². The molecule has 0 radical (unpaired) electrons. The van der Waals surface area contributed by atoms with Crippen molar-refractivity contribution in [2.75, 3.05) is 18.9 Å². The zero-order valence-corrected chi connectivity index (χ0v) is 16.9. The molecule has 29 heavy (non-hydrogen) atoms. The summed E-state index contributed by atoms with van der Waals surface area (Å²) < 4.78 is 29.3. The Morgan fingerprint density at radius 1 is 1.21 bits per heavy atom. The summed E-state index contributed by atoms with van der Waals surface area (Å²) in [5, 5.41) is 3.29. The average Bonchev–Trinajstić information content (AvgIpc) is 2.92. The SMILES string of the molecule is CCCNc1cccc(C2(c3ccc(OC(F)F)cc3)N=C(N)N(C)C2=O)c1.Cl. The Morgan fingerprint density at radius 3 is 2.45 bits per heavy atom. The molecule has 1 amide bonds. The highest BCUT2D eigenvalue weighted by molar-refractivity contribution is 6.09. The summed E-state index contributed by atoms with van der Waals surface area (Å²) in [4.78, 5) is 19.0. The first-order chi connectivity index (χ1) is 13.4. The van der Waals surface area contributed by atoms with Gasteiger partial charge in [0.2, 0.25) is 0 Å². The third-order valence-electron chi connectivity index (χ3n) is 4.60. The Balaban J connectivity index is 0.00000300. The minimum atomic E-state index is -2.92. The van der Waals surface area contributed by atoms with Gasteiger partial charge >= 0.3 is 6.61 Å². The topological polar surface area (TPSA) is 80.0 Å². The van der Waals surface area contributed by atoms with Crippen LogP contribution < -0.4 is 15.8 Å². The first-order valence-electron chi connectivity index (χ1n) is 8.91. The molecule has 3 rings (SSSR count). The number of alkyl halides is 2. The first-order valence-corrected chi connectivity index (χ1v) is 8.91. The molecule has 0 aliphatic carbocycles. The number of anilines is 1. The Labute approximate surface area is 174 Å². The molecular formula is C20H23ClF2N4O2. The van der Waals surface area contributed by atoms with Crippen LogP contribution in [0.15, 0.2) is 53.5 Å². The highest BCUT2D eigenvalue weighted by Crippen LogP contribution is 2.40. The molecule has 1 heterocycles. The maximum atomic E-state index is 13.2. The number of guanidine groups is 1. The number of likely N-dealkylation sites (N-methyl/N-ethyl adjacent to an activating group) is 1. The Morgan fingerprint density at radius 2 is 1.90 bits per heavy atom. The molecule has 3 N–H and O–H groups in total. The van der Waals surface area contributed by atoms with Crippen LogP contribution >= 0.6 is 12.4 Å². The van der Waals surface area contributed by atoms with Crippen molar-refractivity contribution in [1.82, 2.24) is 4.90 Å². The van der Waals surface area contributed by atoms with Crippen molar-refractivity contribution in [1.29, 1.82) is 0 Å². The molecule has 9 heteroatoms. The molecule has 1 atom stereocenters. The number of nitrogens with zero attached hydrogens (tertiary/aromatic N) is 2. The van der Waals surface area contributed by atoms with Crippen LogP contribution in [-0.4, -0.2) is 37.0 Å². The van der Waals surface area contributed by atoms with Crippen molar-refractivity contribution in [3.8, 4) is 5.75 Å². The lowest BCUT2D eigenvalue weighted by Crippen LogP contribution is -2.41. The molecule has 0 fully saturated rings. The minimum absolute atomic E-state index is 0. The molecule has 2 aromatic carbocycles. The lowest BCUT2D eigenvalue weighted by Gasteiger charge is -2.26. The quantitative estimate of drug-likeness (QED) is 0.712. The van der Waals surface area contributed by atoms with Gasteiger partial charge in [-0.05, 0) is 41.8 Å². The minimum Gasteiger partial charge on any atom is -0.435 e. The van der Waals surface area contributed by atoms with E-state index < -0.39 is 12.2 Å². The van der Waals surface area contributed by atoms with Crippen molar-refractivity contribution < 1.29 is 18.3 Å². The summed E-state index contributed by atoms with van der Waals surface area (Å²) in [6.45, 7) is -0.0777. The number of halogens is 3. The van der Waals surface area contributed by atoms with Crippen LogP contribution in [0.1, 0.15) is 24.5 Å². The number of nitrogens with two attached hydrogens (primary N) is 1. The van der Waals surface area contributed by atoms with Gasteiger partial charge in [-0.15, -0.1) is 12.4 Å². The number of nitrogens with one attached hydrogen (secondary N) is 1. The second kappa shape index (κ2) is 9.09. The molecule has 1 unspecified atom stereocenters. The Hall–Kier alpha value is -2.87. The zero-order valence-electron chi connectivity index (χ0n) is 16.1. The fourth-order valence-corrected chi connectivity index (χ4v) is 3.19. The molecule has 0 aromatic heterocycles. The molecule has 156 valence electrons. The van der Waals surface area contributed by atoms with Crippen LogP contribution in [0.25, 0.3) is 0 Å². The molecule has 0 spiro atoms. The largest absolute Gasteiger partial charge is 0.435 e. The number of aliphatic imine (C=N–C) groups is 1. The molecule has 0 saturated carbocycles. The monoisotopic (exact) mass is 424 g/mol. The number of rotatable bonds is 7.